The van der Waals surface area contributed by atoms with E-state index in [0.29, 0.717) is 25.9 Å². The van der Waals surface area contributed by atoms with Gasteiger partial charge in [0.05, 0.1) is 7.11 Å². The third-order valence-corrected chi connectivity index (χ3v) is 4.40. The highest BCUT2D eigenvalue weighted by Gasteiger charge is 2.22. The van der Waals surface area contributed by atoms with E-state index < -0.39 is 0 Å². The van der Waals surface area contributed by atoms with Crippen molar-refractivity contribution in [2.45, 2.75) is 32.4 Å². The van der Waals surface area contributed by atoms with Crippen molar-refractivity contribution < 1.29 is 14.3 Å². The molecule has 0 radical (unpaired) electrons. The molecule has 1 heterocycles. The van der Waals surface area contributed by atoms with Gasteiger partial charge < -0.3 is 9.64 Å². The number of carbonyl (C=O) groups is 2. The van der Waals surface area contributed by atoms with Gasteiger partial charge in [-0.15, -0.1) is 0 Å². The Morgan fingerprint density at radius 1 is 0.917 bits per heavy atom. The topological polar surface area (TPSA) is 46.6 Å². The van der Waals surface area contributed by atoms with E-state index in [9.17, 15) is 9.59 Å². The molecular weight excluding hydrogens is 302 g/mol. The average molecular weight is 323 g/mol. The van der Waals surface area contributed by atoms with E-state index >= 15 is 0 Å². The Hall–Kier alpha value is -2.62. The molecule has 3 rings (SSSR count). The lowest BCUT2D eigenvalue weighted by Crippen LogP contribution is -2.29. The minimum Gasteiger partial charge on any atom is -0.469 e. The molecule has 1 aliphatic rings. The van der Waals surface area contributed by atoms with Crippen LogP contribution in [-0.4, -0.2) is 23.9 Å². The minimum absolute atomic E-state index is 0.0745. The zero-order valence-corrected chi connectivity index (χ0v) is 13.8. The summed E-state index contributed by atoms with van der Waals surface area (Å²) in [6.07, 6.45) is 1.16. The zero-order valence-electron chi connectivity index (χ0n) is 13.8. The summed E-state index contributed by atoms with van der Waals surface area (Å²) in [6, 6.07) is 16.4. The fourth-order valence-corrected chi connectivity index (χ4v) is 3.13. The van der Waals surface area contributed by atoms with Gasteiger partial charge in [-0.1, -0.05) is 48.5 Å². The highest BCUT2D eigenvalue weighted by atomic mass is 16.5. The highest BCUT2D eigenvalue weighted by Crippen LogP contribution is 2.32. The summed E-state index contributed by atoms with van der Waals surface area (Å²) in [5.74, 6) is -0.195. The minimum atomic E-state index is -0.269. The summed E-state index contributed by atoms with van der Waals surface area (Å²) in [7, 11) is 1.37. The molecule has 0 unspecified atom stereocenters. The van der Waals surface area contributed by atoms with E-state index in [0.717, 1.165) is 11.1 Å². The van der Waals surface area contributed by atoms with Crippen LogP contribution in [0.1, 0.15) is 30.4 Å². The second-order valence-electron chi connectivity index (χ2n) is 5.99. The van der Waals surface area contributed by atoms with Crippen molar-refractivity contribution in [3.8, 4) is 11.1 Å². The van der Waals surface area contributed by atoms with Gasteiger partial charge in [0.1, 0.15) is 0 Å². The van der Waals surface area contributed by atoms with Crippen molar-refractivity contribution in [3.05, 3.63) is 59.7 Å². The molecule has 0 fully saturated rings. The molecule has 4 heteroatoms. The summed E-state index contributed by atoms with van der Waals surface area (Å²) in [6.45, 7) is 1.20. The maximum atomic E-state index is 12.6. The average Bonchev–Trinajstić information content (AvgIpc) is 2.78. The predicted molar refractivity (Wildman–Crippen MR) is 92.0 cm³/mol. The van der Waals surface area contributed by atoms with Crippen LogP contribution in [0.5, 0.6) is 0 Å². The molecule has 2 aromatic carbocycles. The van der Waals surface area contributed by atoms with E-state index in [1.807, 2.05) is 29.2 Å². The molecule has 124 valence electrons. The number of amides is 1. The van der Waals surface area contributed by atoms with Gasteiger partial charge in [-0.05, 0) is 28.7 Å². The molecule has 1 amide bonds. The predicted octanol–water partition coefficient (Wildman–Crippen LogP) is 3.54. The molecular formula is C20H21NO3. The number of carbonyl (C=O) groups excluding carboxylic acids is 2. The van der Waals surface area contributed by atoms with Gasteiger partial charge in [0.2, 0.25) is 5.91 Å². The second kappa shape index (κ2) is 7.30. The normalized spacial score (nSPS) is 12.8. The molecule has 0 aliphatic carbocycles. The first kappa shape index (κ1) is 16.2. The second-order valence-corrected chi connectivity index (χ2v) is 5.99. The van der Waals surface area contributed by atoms with Crippen LogP contribution in [-0.2, 0) is 27.4 Å². The Morgan fingerprint density at radius 2 is 1.46 bits per heavy atom. The molecule has 4 nitrogen and oxygen atoms in total. The molecule has 0 N–H and O–H groups in total. The molecule has 24 heavy (non-hydrogen) atoms. The van der Waals surface area contributed by atoms with E-state index in [-0.39, 0.29) is 18.3 Å². The number of hydrogen-bond acceptors (Lipinski definition) is 3. The first-order valence-electron chi connectivity index (χ1n) is 8.20. The monoisotopic (exact) mass is 323 g/mol. The smallest absolute Gasteiger partial charge is 0.305 e. The van der Waals surface area contributed by atoms with Crippen LogP contribution in [0.4, 0.5) is 0 Å². The van der Waals surface area contributed by atoms with Crippen LogP contribution in [0, 0.1) is 0 Å². The first-order chi connectivity index (χ1) is 11.7. The Morgan fingerprint density at radius 3 is 2.00 bits per heavy atom. The van der Waals surface area contributed by atoms with Crippen molar-refractivity contribution in [2.75, 3.05) is 7.11 Å². The van der Waals surface area contributed by atoms with Crippen LogP contribution >= 0.6 is 0 Å². The standard InChI is InChI=1S/C20H21NO3/c1-24-20(23)12-6-11-19(22)21-13-15-7-2-4-9-17(15)18-10-5-3-8-16(18)14-21/h2-5,7-10H,6,11-14H2,1H3. The van der Waals surface area contributed by atoms with Crippen molar-refractivity contribution in [2.24, 2.45) is 0 Å². The molecule has 0 saturated heterocycles. The van der Waals surface area contributed by atoms with Crippen LogP contribution in [0.3, 0.4) is 0 Å². The molecule has 0 aromatic heterocycles. The number of fused-ring (bicyclic) bond motifs is 3. The van der Waals surface area contributed by atoms with Gasteiger partial charge in [0.15, 0.2) is 0 Å². The van der Waals surface area contributed by atoms with E-state index in [1.165, 1.54) is 18.2 Å². The van der Waals surface area contributed by atoms with Gasteiger partial charge in [-0.2, -0.15) is 0 Å². The molecule has 0 bridgehead atoms. The van der Waals surface area contributed by atoms with Crippen molar-refractivity contribution in [1.29, 1.82) is 0 Å². The van der Waals surface area contributed by atoms with Gasteiger partial charge in [-0.3, -0.25) is 9.59 Å². The SMILES string of the molecule is COC(=O)CCCC(=O)N1Cc2ccccc2-c2ccccc2C1. The highest BCUT2D eigenvalue weighted by molar-refractivity contribution is 5.79. The third kappa shape index (κ3) is 3.48. The van der Waals surface area contributed by atoms with Crippen LogP contribution in [0.15, 0.2) is 48.5 Å². The van der Waals surface area contributed by atoms with Gasteiger partial charge in [-0.25, -0.2) is 0 Å². The van der Waals surface area contributed by atoms with Crippen molar-refractivity contribution >= 4 is 11.9 Å². The first-order valence-corrected chi connectivity index (χ1v) is 8.20. The zero-order chi connectivity index (χ0) is 16.9. The Kier molecular flexibility index (Phi) is 4.94. The number of nitrogens with zero attached hydrogens (tertiary/aromatic N) is 1. The number of rotatable bonds is 4. The van der Waals surface area contributed by atoms with E-state index in [1.54, 1.807) is 0 Å². The summed E-state index contributed by atoms with van der Waals surface area (Å²) in [5.41, 5.74) is 4.70. The van der Waals surface area contributed by atoms with Crippen LogP contribution in [0.2, 0.25) is 0 Å². The van der Waals surface area contributed by atoms with Crippen molar-refractivity contribution in [1.82, 2.24) is 4.90 Å². The van der Waals surface area contributed by atoms with Crippen LogP contribution < -0.4 is 0 Å². The summed E-state index contributed by atoms with van der Waals surface area (Å²) in [5, 5.41) is 0. The molecule has 0 atom stereocenters. The summed E-state index contributed by atoms with van der Waals surface area (Å²) >= 11 is 0. The van der Waals surface area contributed by atoms with Gasteiger partial charge >= 0.3 is 5.97 Å². The van der Waals surface area contributed by atoms with Gasteiger partial charge in [0, 0.05) is 25.9 Å². The fraction of sp³-hybridized carbons (Fsp3) is 0.300. The number of ether oxygens (including phenoxy) is 1. The van der Waals surface area contributed by atoms with E-state index in [4.69, 9.17) is 0 Å². The maximum Gasteiger partial charge on any atom is 0.305 e. The lowest BCUT2D eigenvalue weighted by Gasteiger charge is -2.21. The maximum absolute atomic E-state index is 12.6. The largest absolute Gasteiger partial charge is 0.469 e. The Labute approximate surface area is 142 Å². The lowest BCUT2D eigenvalue weighted by molar-refractivity contribution is -0.141. The number of esters is 1. The molecule has 1 aliphatic heterocycles. The quantitative estimate of drug-likeness (QED) is 0.809. The number of methoxy groups -OCH3 is 1. The Bertz CT molecular complexity index is 707. The summed E-state index contributed by atoms with van der Waals surface area (Å²) < 4.78 is 4.63. The van der Waals surface area contributed by atoms with Crippen molar-refractivity contribution in [3.63, 3.8) is 0 Å². The summed E-state index contributed by atoms with van der Waals surface area (Å²) in [4.78, 5) is 25.7. The lowest BCUT2D eigenvalue weighted by atomic mass is 9.97. The molecule has 0 saturated carbocycles. The van der Waals surface area contributed by atoms with Crippen LogP contribution in [0.25, 0.3) is 11.1 Å². The van der Waals surface area contributed by atoms with Gasteiger partial charge in [0.25, 0.3) is 0 Å². The number of hydrogen-bond donors (Lipinski definition) is 0. The third-order valence-electron chi connectivity index (χ3n) is 4.40. The Balaban J connectivity index is 1.80. The molecule has 2 aromatic rings. The van der Waals surface area contributed by atoms with E-state index in [2.05, 4.69) is 29.0 Å². The molecule has 0 spiro atoms. The number of benzene rings is 2. The fourth-order valence-electron chi connectivity index (χ4n) is 3.13.